The second-order valence-electron chi connectivity index (χ2n) is 17.3. The van der Waals surface area contributed by atoms with Gasteiger partial charge in [0.1, 0.15) is 11.3 Å². The number of piperidine rings is 2. The van der Waals surface area contributed by atoms with Crippen LogP contribution in [0.5, 0.6) is 0 Å². The van der Waals surface area contributed by atoms with Gasteiger partial charge in [0.05, 0.1) is 13.1 Å². The van der Waals surface area contributed by atoms with E-state index in [1.807, 2.05) is 18.2 Å². The van der Waals surface area contributed by atoms with Crippen LogP contribution >= 0.6 is 48.0 Å². The van der Waals surface area contributed by atoms with Crippen LogP contribution in [0.3, 0.4) is 0 Å². The van der Waals surface area contributed by atoms with E-state index in [0.29, 0.717) is 74.2 Å². The lowest BCUT2D eigenvalue weighted by molar-refractivity contribution is -0.131. The number of halogens is 4. The van der Waals surface area contributed by atoms with Gasteiger partial charge in [-0.1, -0.05) is 67.0 Å². The van der Waals surface area contributed by atoms with E-state index < -0.39 is 15.4 Å². The van der Waals surface area contributed by atoms with Crippen LogP contribution in [0.2, 0.25) is 10.0 Å². The first-order valence-corrected chi connectivity index (χ1v) is 24.8. The van der Waals surface area contributed by atoms with Gasteiger partial charge in [0.15, 0.2) is 0 Å². The van der Waals surface area contributed by atoms with Gasteiger partial charge >= 0.3 is 0 Å². The van der Waals surface area contributed by atoms with Crippen LogP contribution in [0.1, 0.15) is 33.1 Å². The lowest BCUT2D eigenvalue weighted by Gasteiger charge is -2.32. The van der Waals surface area contributed by atoms with Crippen LogP contribution in [0.4, 0.5) is 5.95 Å². The molecule has 6 heterocycles. The molecule has 0 unspecified atom stereocenters. The Hall–Kier alpha value is -5.25. The van der Waals surface area contributed by atoms with Crippen molar-refractivity contribution in [2.45, 2.75) is 38.3 Å². The number of nitrogens with zero attached hydrogens (tertiary/aromatic N) is 8. The molecule has 4 aromatic heterocycles. The Balaban J connectivity index is 0.000000298. The van der Waals surface area contributed by atoms with Gasteiger partial charge in [-0.3, -0.25) is 29.0 Å². The standard InChI is InChI=1S/C23H27ClN6O2.C14H10ClN3O3S.C10H21N3O.CH4.2ClH/c1-29(2)20(31)14-30-9-7-15(8-10-30)12-25-23-26-13-16-11-18(22(32)27-21(16)28-23)17-5-3-4-6-19(17)24;1-22(20,21)14-16-7-8-6-10(13(19)17-12(8)18-14)9-4-2-3-5-11(9)15;1-12(2)10(14)8-13-5-3-9(7-11)4-6-13;;;/h3-6,11,13,15H,7-10,12,14H2,1-2H3,(H2,25,26,27,28,32);2-7H,1H3,(H,16,17,18,19);9H,3-8,11H2,1-2H3;1H4;2*1H. The highest BCUT2D eigenvalue weighted by molar-refractivity contribution is 7.90. The molecular weight excluding hydrogens is 1010 g/mol. The summed E-state index contributed by atoms with van der Waals surface area (Å²) in [6, 6.07) is 17.6. The zero-order valence-electron chi connectivity index (χ0n) is 39.7. The number of H-pyrrole nitrogens is 2. The third kappa shape index (κ3) is 16.6. The quantitative estimate of drug-likeness (QED) is 0.107. The first kappa shape index (κ1) is 60.1. The number of fused-ring (bicyclic) bond motifs is 2. The van der Waals surface area contributed by atoms with Crippen molar-refractivity contribution in [3.63, 3.8) is 0 Å². The number of nitrogens with two attached hydrogens (primary N) is 1. The average molecular weight is 1080 g/mol. The number of hydrogen-bond acceptors (Lipinski definition) is 14. The Bertz CT molecular complexity index is 2960. The van der Waals surface area contributed by atoms with E-state index in [4.69, 9.17) is 28.9 Å². The highest BCUT2D eigenvalue weighted by Crippen LogP contribution is 2.28. The summed E-state index contributed by atoms with van der Waals surface area (Å²) < 4.78 is 22.9. The number of pyridine rings is 2. The molecule has 18 nitrogen and oxygen atoms in total. The van der Waals surface area contributed by atoms with E-state index >= 15 is 0 Å². The zero-order valence-corrected chi connectivity index (χ0v) is 43.6. The second kappa shape index (κ2) is 27.5. The highest BCUT2D eigenvalue weighted by atomic mass is 35.5. The van der Waals surface area contributed by atoms with Crippen molar-refractivity contribution in [2.75, 3.05) is 92.1 Å². The highest BCUT2D eigenvalue weighted by Gasteiger charge is 2.23. The van der Waals surface area contributed by atoms with Gasteiger partial charge in [-0.05, 0) is 94.5 Å². The van der Waals surface area contributed by atoms with Crippen LogP contribution in [0.25, 0.3) is 44.3 Å². The normalized spacial score (nSPS) is 14.3. The van der Waals surface area contributed by atoms with E-state index in [2.05, 4.69) is 45.0 Å². The number of carbonyl (C=O) groups is 2. The number of carbonyl (C=O) groups excluding carboxylic acids is 2. The maximum Gasteiger partial charge on any atom is 0.257 e. The molecule has 2 aliphatic heterocycles. The number of rotatable bonds is 11. The molecule has 0 radical (unpaired) electrons. The number of amides is 2. The minimum Gasteiger partial charge on any atom is -0.354 e. The topological polar surface area (TPSA) is 237 Å². The van der Waals surface area contributed by atoms with E-state index in [1.165, 1.54) is 6.20 Å². The molecule has 0 saturated carbocycles. The summed E-state index contributed by atoms with van der Waals surface area (Å²) in [4.78, 5) is 77.8. The Morgan fingerprint density at radius 3 is 1.55 bits per heavy atom. The molecule has 0 spiro atoms. The molecule has 386 valence electrons. The molecule has 71 heavy (non-hydrogen) atoms. The fourth-order valence-electron chi connectivity index (χ4n) is 7.62. The minimum atomic E-state index is -3.54. The van der Waals surface area contributed by atoms with Crippen molar-refractivity contribution >= 4 is 97.7 Å². The number of hydrogen-bond donors (Lipinski definition) is 4. The minimum absolute atomic E-state index is 0. The third-order valence-electron chi connectivity index (χ3n) is 11.8. The molecule has 2 aromatic carbocycles. The van der Waals surface area contributed by atoms with Crippen molar-refractivity contribution < 1.29 is 18.0 Å². The number of aromatic amines is 2. The number of benzene rings is 2. The summed E-state index contributed by atoms with van der Waals surface area (Å²) in [7, 11) is 3.63. The molecule has 0 aliphatic carbocycles. The van der Waals surface area contributed by atoms with Gasteiger partial charge in [0.2, 0.25) is 32.8 Å². The van der Waals surface area contributed by atoms with Crippen molar-refractivity contribution in [1.82, 2.24) is 49.5 Å². The molecule has 0 bridgehead atoms. The molecule has 2 aliphatic rings. The average Bonchev–Trinajstić information content (AvgIpc) is 3.31. The third-order valence-corrected chi connectivity index (χ3v) is 13.4. The van der Waals surface area contributed by atoms with Gasteiger partial charge < -0.3 is 30.8 Å². The smallest absolute Gasteiger partial charge is 0.257 e. The summed E-state index contributed by atoms with van der Waals surface area (Å²) in [6.45, 7) is 6.42. The number of nitrogens with one attached hydrogen (secondary N) is 3. The number of likely N-dealkylation sites (N-methyl/N-ethyl adjacent to an activating group) is 2. The van der Waals surface area contributed by atoms with Crippen LogP contribution in [-0.4, -0.2) is 157 Å². The van der Waals surface area contributed by atoms with Crippen LogP contribution in [0, 0.1) is 11.8 Å². The maximum atomic E-state index is 12.6. The van der Waals surface area contributed by atoms with Crippen molar-refractivity contribution in [1.29, 1.82) is 0 Å². The summed E-state index contributed by atoms with van der Waals surface area (Å²) in [5.41, 5.74) is 7.73. The maximum absolute atomic E-state index is 12.6. The molecule has 0 atom stereocenters. The van der Waals surface area contributed by atoms with Gasteiger partial charge in [-0.15, -0.1) is 24.8 Å². The lowest BCUT2D eigenvalue weighted by atomic mass is 9.97. The fourth-order valence-corrected chi connectivity index (χ4v) is 8.60. The van der Waals surface area contributed by atoms with Crippen LogP contribution < -0.4 is 22.2 Å². The first-order chi connectivity index (χ1) is 32.4. The zero-order chi connectivity index (χ0) is 49.1. The monoisotopic (exact) mass is 1080 g/mol. The molecule has 5 N–H and O–H groups in total. The second-order valence-corrected chi connectivity index (χ2v) is 20.1. The van der Waals surface area contributed by atoms with Gasteiger partial charge in [0, 0.05) is 96.5 Å². The van der Waals surface area contributed by atoms with Crippen molar-refractivity contribution in [3.8, 4) is 22.3 Å². The van der Waals surface area contributed by atoms with Gasteiger partial charge in [-0.2, -0.15) is 4.98 Å². The molecule has 2 fully saturated rings. The fraction of sp³-hybridized carbons (Fsp3) is 0.417. The van der Waals surface area contributed by atoms with E-state index in [1.54, 1.807) is 86.7 Å². The SMILES string of the molecule is C.CN(C)C(=O)CN1CCC(CN)CC1.CN(C)C(=O)CN1CCC(CNc2ncc3cc(-c4ccccc4Cl)c(=O)[nH]c3n2)CC1.CS(=O)(=O)c1ncc2cc(-c3ccccc3Cl)c(=O)[nH]c2n1.Cl.Cl. The van der Waals surface area contributed by atoms with Crippen LogP contribution in [0.15, 0.2) is 87.8 Å². The Labute approximate surface area is 436 Å². The van der Waals surface area contributed by atoms with Gasteiger partial charge in [0.25, 0.3) is 11.1 Å². The largest absolute Gasteiger partial charge is 0.354 e. The summed E-state index contributed by atoms with van der Waals surface area (Å²) in [6.07, 6.45) is 8.36. The van der Waals surface area contributed by atoms with Crippen molar-refractivity contribution in [2.24, 2.45) is 17.6 Å². The summed E-state index contributed by atoms with van der Waals surface area (Å²) in [5.74, 6) is 1.97. The molecular formula is C48H64Cl4N12O6S. The molecule has 6 aromatic rings. The lowest BCUT2D eigenvalue weighted by Crippen LogP contribution is -2.42. The molecule has 8 rings (SSSR count). The predicted molar refractivity (Wildman–Crippen MR) is 289 cm³/mol. The number of likely N-dealkylation sites (tertiary alicyclic amines) is 2. The first-order valence-electron chi connectivity index (χ1n) is 22.2. The van der Waals surface area contributed by atoms with E-state index in [-0.39, 0.29) is 60.4 Å². The van der Waals surface area contributed by atoms with E-state index in [0.717, 1.165) is 76.6 Å². The Morgan fingerprint density at radius 2 is 1.13 bits per heavy atom. The predicted octanol–water partition coefficient (Wildman–Crippen LogP) is 6.12. The van der Waals surface area contributed by atoms with Gasteiger partial charge in [-0.25, -0.2) is 23.4 Å². The summed E-state index contributed by atoms with van der Waals surface area (Å²) in [5, 5.41) is 5.19. The number of anilines is 1. The molecule has 2 amide bonds. The van der Waals surface area contributed by atoms with Crippen molar-refractivity contribution in [3.05, 3.63) is 104 Å². The molecule has 23 heteroatoms. The Morgan fingerprint density at radius 1 is 0.704 bits per heavy atom. The van der Waals surface area contributed by atoms with Crippen LogP contribution in [-0.2, 0) is 19.4 Å². The molecule has 2 saturated heterocycles. The Kier molecular flexibility index (Phi) is 23.3. The summed E-state index contributed by atoms with van der Waals surface area (Å²) >= 11 is 12.4. The number of aromatic nitrogens is 6. The number of sulfone groups is 1. The van der Waals surface area contributed by atoms with E-state index in [9.17, 15) is 27.6 Å².